The Kier molecular flexibility index (Phi) is 2.58. The van der Waals surface area contributed by atoms with Crippen molar-refractivity contribution in [3.63, 3.8) is 0 Å². The smallest absolute Gasteiger partial charge is 0.265 e. The van der Waals surface area contributed by atoms with Gasteiger partial charge in [-0.15, -0.1) is 0 Å². The maximum Gasteiger partial charge on any atom is 0.265 e. The van der Waals surface area contributed by atoms with E-state index < -0.39 is 20.9 Å². The lowest BCUT2D eigenvalue weighted by Crippen LogP contribution is -2.40. The minimum Gasteiger partial charge on any atom is -0.298 e. The molecule has 2 saturated carbocycles. The molecule has 0 aromatic rings. The molecule has 2 bridgehead atoms. The predicted molar refractivity (Wildman–Crippen MR) is 63.1 cm³/mol. The van der Waals surface area contributed by atoms with Crippen molar-refractivity contribution in [1.82, 2.24) is 0 Å². The van der Waals surface area contributed by atoms with E-state index in [2.05, 4.69) is 15.9 Å². The number of hydrogen-bond donors (Lipinski definition) is 1. The molecule has 2 rings (SSSR count). The SMILES string of the molecule is C[C@]1(CS(=O)(=O)O)[C@H]2CC[C@]1(C)C(=O)[C@H]2Br. The van der Waals surface area contributed by atoms with Crippen LogP contribution in [0, 0.1) is 16.7 Å². The number of rotatable bonds is 2. The molecule has 4 atom stereocenters. The Hall–Kier alpha value is 0.0600. The van der Waals surface area contributed by atoms with Crippen molar-refractivity contribution in [3.05, 3.63) is 0 Å². The number of fused-ring (bicyclic) bond motifs is 2. The Labute approximate surface area is 104 Å². The van der Waals surface area contributed by atoms with Crippen molar-refractivity contribution in [2.24, 2.45) is 16.7 Å². The summed E-state index contributed by atoms with van der Waals surface area (Å²) in [4.78, 5) is 11.8. The molecule has 0 saturated heterocycles. The molecule has 4 nitrogen and oxygen atoms in total. The Balaban J connectivity index is 2.47. The van der Waals surface area contributed by atoms with Crippen LogP contribution in [0.2, 0.25) is 0 Å². The predicted octanol–water partition coefficient (Wildman–Crippen LogP) is 1.64. The zero-order valence-corrected chi connectivity index (χ0v) is 11.6. The van der Waals surface area contributed by atoms with Gasteiger partial charge >= 0.3 is 0 Å². The van der Waals surface area contributed by atoms with Crippen LogP contribution in [0.25, 0.3) is 0 Å². The van der Waals surface area contributed by atoms with Crippen molar-refractivity contribution < 1.29 is 17.8 Å². The van der Waals surface area contributed by atoms with Crippen molar-refractivity contribution in [2.45, 2.75) is 31.5 Å². The zero-order valence-electron chi connectivity index (χ0n) is 9.23. The van der Waals surface area contributed by atoms with Crippen LogP contribution in [-0.2, 0) is 14.9 Å². The monoisotopic (exact) mass is 310 g/mol. The van der Waals surface area contributed by atoms with Crippen LogP contribution in [0.4, 0.5) is 0 Å². The van der Waals surface area contributed by atoms with E-state index in [0.29, 0.717) is 6.42 Å². The molecule has 6 heteroatoms. The van der Waals surface area contributed by atoms with Crippen LogP contribution in [0.15, 0.2) is 0 Å². The first-order chi connectivity index (χ1) is 7.12. The maximum absolute atomic E-state index is 12.1. The van der Waals surface area contributed by atoms with Crippen LogP contribution >= 0.6 is 15.9 Å². The minimum atomic E-state index is -4.05. The number of alkyl halides is 1. The van der Waals surface area contributed by atoms with Crippen LogP contribution in [-0.4, -0.2) is 29.3 Å². The van der Waals surface area contributed by atoms with Gasteiger partial charge in [-0.25, -0.2) is 0 Å². The summed E-state index contributed by atoms with van der Waals surface area (Å²) in [6.45, 7) is 3.62. The molecular weight excluding hydrogens is 296 g/mol. The number of carbonyl (C=O) groups is 1. The second kappa shape index (κ2) is 3.29. The number of carbonyl (C=O) groups excluding carboxylic acids is 1. The van der Waals surface area contributed by atoms with E-state index in [1.54, 1.807) is 6.92 Å². The topological polar surface area (TPSA) is 71.4 Å². The summed E-state index contributed by atoms with van der Waals surface area (Å²) in [5.41, 5.74) is -1.27. The molecule has 16 heavy (non-hydrogen) atoms. The normalized spacial score (nSPS) is 47.6. The molecule has 0 aromatic carbocycles. The van der Waals surface area contributed by atoms with E-state index in [1.165, 1.54) is 0 Å². The Morgan fingerprint density at radius 3 is 2.44 bits per heavy atom. The maximum atomic E-state index is 12.1. The Bertz CT molecular complexity index is 446. The summed E-state index contributed by atoms with van der Waals surface area (Å²) in [6, 6.07) is 0. The second-order valence-electron chi connectivity index (χ2n) is 5.39. The molecule has 92 valence electrons. The van der Waals surface area contributed by atoms with E-state index in [0.717, 1.165) is 6.42 Å². The van der Waals surface area contributed by atoms with Crippen LogP contribution < -0.4 is 0 Å². The van der Waals surface area contributed by atoms with Gasteiger partial charge < -0.3 is 0 Å². The highest BCUT2D eigenvalue weighted by atomic mass is 79.9. The fraction of sp³-hybridized carbons (Fsp3) is 0.900. The van der Waals surface area contributed by atoms with Gasteiger partial charge in [0.2, 0.25) is 0 Å². The van der Waals surface area contributed by atoms with E-state index in [9.17, 15) is 13.2 Å². The van der Waals surface area contributed by atoms with Crippen molar-refractivity contribution >= 4 is 31.8 Å². The van der Waals surface area contributed by atoms with Gasteiger partial charge in [0.15, 0.2) is 5.78 Å². The highest BCUT2D eigenvalue weighted by Gasteiger charge is 2.68. The van der Waals surface area contributed by atoms with Gasteiger partial charge in [-0.05, 0) is 18.8 Å². The van der Waals surface area contributed by atoms with E-state index in [1.807, 2.05) is 6.92 Å². The number of Topliss-reactive ketones (excluding diaryl/α,β-unsaturated/α-hetero) is 1. The molecule has 2 aliphatic rings. The number of hydrogen-bond acceptors (Lipinski definition) is 3. The highest BCUT2D eigenvalue weighted by molar-refractivity contribution is 9.10. The van der Waals surface area contributed by atoms with Gasteiger partial charge in [-0.2, -0.15) is 8.42 Å². The Morgan fingerprint density at radius 2 is 2.06 bits per heavy atom. The molecule has 0 amide bonds. The van der Waals surface area contributed by atoms with E-state index >= 15 is 0 Å². The van der Waals surface area contributed by atoms with Gasteiger partial charge in [0.25, 0.3) is 10.1 Å². The van der Waals surface area contributed by atoms with Crippen molar-refractivity contribution in [1.29, 1.82) is 0 Å². The lowest BCUT2D eigenvalue weighted by molar-refractivity contribution is -0.127. The number of halogens is 1. The zero-order chi connectivity index (χ0) is 12.4. The third kappa shape index (κ3) is 1.42. The van der Waals surface area contributed by atoms with Gasteiger partial charge in [0.05, 0.1) is 10.6 Å². The second-order valence-corrected chi connectivity index (χ2v) is 7.83. The van der Waals surface area contributed by atoms with Crippen LogP contribution in [0.1, 0.15) is 26.7 Å². The molecule has 2 fully saturated rings. The molecule has 2 aliphatic carbocycles. The lowest BCUT2D eigenvalue weighted by Gasteiger charge is -2.35. The van der Waals surface area contributed by atoms with Gasteiger partial charge in [0.1, 0.15) is 0 Å². The average molecular weight is 311 g/mol. The molecule has 0 aromatic heterocycles. The minimum absolute atomic E-state index is 0.00641. The quantitative estimate of drug-likeness (QED) is 0.622. The van der Waals surface area contributed by atoms with Crippen molar-refractivity contribution in [2.75, 3.05) is 5.75 Å². The third-order valence-corrected chi connectivity index (χ3v) is 6.68. The summed E-state index contributed by atoms with van der Waals surface area (Å²) in [7, 11) is -4.05. The van der Waals surface area contributed by atoms with Gasteiger partial charge in [0, 0.05) is 10.8 Å². The number of ketones is 1. The van der Waals surface area contributed by atoms with Gasteiger partial charge in [-0.1, -0.05) is 29.8 Å². The fourth-order valence-electron chi connectivity index (χ4n) is 3.46. The first kappa shape index (κ1) is 12.5. The summed E-state index contributed by atoms with van der Waals surface area (Å²) in [6.07, 6.45) is 1.55. The third-order valence-electron chi connectivity index (χ3n) is 4.66. The summed E-state index contributed by atoms with van der Waals surface area (Å²) < 4.78 is 31.2. The molecule has 0 spiro atoms. The Morgan fingerprint density at radius 1 is 1.50 bits per heavy atom. The van der Waals surface area contributed by atoms with Crippen LogP contribution in [0.3, 0.4) is 0 Å². The van der Waals surface area contributed by atoms with Crippen LogP contribution in [0.5, 0.6) is 0 Å². The van der Waals surface area contributed by atoms with Crippen molar-refractivity contribution in [3.8, 4) is 0 Å². The molecule has 0 unspecified atom stereocenters. The first-order valence-electron chi connectivity index (χ1n) is 5.25. The van der Waals surface area contributed by atoms with Gasteiger partial charge in [-0.3, -0.25) is 9.35 Å². The first-order valence-corrected chi connectivity index (χ1v) is 7.78. The fourth-order valence-corrected chi connectivity index (χ4v) is 6.11. The summed E-state index contributed by atoms with van der Waals surface area (Å²) in [5, 5.41) is 0. The molecular formula is C10H15BrO4S. The standard InChI is InChI=1S/C10H15BrO4S/c1-9-4-3-6(7(11)8(9)12)10(9,2)5-16(13,14)15/h6-7H,3-5H2,1-2H3,(H,13,14,15)/t6-,7-,9+,10-/m0/s1. The summed E-state index contributed by atoms with van der Waals surface area (Å²) in [5.74, 6) is -0.239. The van der Waals surface area contributed by atoms with E-state index in [-0.39, 0.29) is 22.3 Å². The molecule has 1 N–H and O–H groups in total. The molecule has 0 heterocycles. The molecule has 0 radical (unpaired) electrons. The largest absolute Gasteiger partial charge is 0.298 e. The molecule has 0 aliphatic heterocycles. The summed E-state index contributed by atoms with van der Waals surface area (Å²) >= 11 is 3.35. The van der Waals surface area contributed by atoms with E-state index in [4.69, 9.17) is 4.55 Å². The highest BCUT2D eigenvalue weighted by Crippen LogP contribution is 2.65. The average Bonchev–Trinajstić information content (AvgIpc) is 2.40. The lowest BCUT2D eigenvalue weighted by atomic mass is 9.70.